The molecule has 2 aromatic rings. The van der Waals surface area contributed by atoms with Crippen LogP contribution in [-0.4, -0.2) is 61.3 Å². The number of rotatable bonds is 5. The quantitative estimate of drug-likeness (QED) is 0.204. The maximum Gasteiger partial charge on any atom is 0.418 e. The van der Waals surface area contributed by atoms with Crippen molar-refractivity contribution in [3.05, 3.63) is 27.8 Å². The van der Waals surface area contributed by atoms with Gasteiger partial charge in [-0.3, -0.25) is 24.9 Å². The molecule has 5 N–H and O–H groups in total. The first-order valence-corrected chi connectivity index (χ1v) is 10.4. The molecule has 1 saturated heterocycles. The summed E-state index contributed by atoms with van der Waals surface area (Å²) in [6.45, 7) is 0.119. The zero-order valence-electron chi connectivity index (χ0n) is 14.8. The van der Waals surface area contributed by atoms with Crippen molar-refractivity contribution in [2.75, 3.05) is 12.3 Å². The number of aromatic nitrogens is 3. The molecule has 0 radical (unpaired) electrons. The number of hydrogen-bond donors (Lipinski definition) is 4. The van der Waals surface area contributed by atoms with Crippen molar-refractivity contribution in [2.45, 2.75) is 18.6 Å². The lowest BCUT2D eigenvalue weighted by Crippen LogP contribution is -2.43. The Morgan fingerprint density at radius 2 is 2.31 bits per heavy atom. The first-order chi connectivity index (χ1) is 13.7. The zero-order valence-corrected chi connectivity index (χ0v) is 16.5. The summed E-state index contributed by atoms with van der Waals surface area (Å²) in [6.07, 6.45) is 1.46. The number of nitrogens with zero attached hydrogens (tertiary/aromatic N) is 6. The predicted octanol–water partition coefficient (Wildman–Crippen LogP) is -0.396. The number of hydroxylamine groups is 3. The van der Waals surface area contributed by atoms with Gasteiger partial charge in [0, 0.05) is 18.0 Å². The van der Waals surface area contributed by atoms with Gasteiger partial charge in [-0.25, -0.2) is 9.78 Å². The summed E-state index contributed by atoms with van der Waals surface area (Å²) >= 11 is 1.29. The lowest BCUT2D eigenvalue weighted by atomic mass is 9.97. The Kier molecular flexibility index (Phi) is 4.66. The van der Waals surface area contributed by atoms with Gasteiger partial charge >= 0.3 is 16.4 Å². The number of nitrogen functional groups attached to an aromatic ring is 1. The second-order valence-corrected chi connectivity index (χ2v) is 8.22. The highest BCUT2D eigenvalue weighted by Crippen LogP contribution is 2.44. The van der Waals surface area contributed by atoms with E-state index >= 15 is 0 Å². The first-order valence-electron chi connectivity index (χ1n) is 8.12. The smallest absolute Gasteiger partial charge is 0.383 e. The number of thiazole rings is 1. The maximum atomic E-state index is 12.8. The summed E-state index contributed by atoms with van der Waals surface area (Å²) in [5, 5.41) is 16.7. The SMILES string of the molecule is Cn1ncc2c1C(C(=NCc1nc(N)cs1)NO)N1CC2N(OS(=O)(=O)O)C1=O. The molecule has 16 heteroatoms. The van der Waals surface area contributed by atoms with Gasteiger partial charge in [-0.15, -0.1) is 15.6 Å². The van der Waals surface area contributed by atoms with E-state index in [0.717, 1.165) is 0 Å². The highest BCUT2D eigenvalue weighted by molar-refractivity contribution is 7.80. The summed E-state index contributed by atoms with van der Waals surface area (Å²) in [4.78, 5) is 22.4. The molecule has 2 bridgehead atoms. The van der Waals surface area contributed by atoms with Gasteiger partial charge in [-0.2, -0.15) is 18.6 Å². The summed E-state index contributed by atoms with van der Waals surface area (Å²) in [5.41, 5.74) is 8.59. The molecule has 2 atom stereocenters. The molecule has 156 valence electrons. The highest BCUT2D eigenvalue weighted by atomic mass is 32.3. The van der Waals surface area contributed by atoms with Crippen LogP contribution in [0.5, 0.6) is 0 Å². The number of amides is 2. The third-order valence-electron chi connectivity index (χ3n) is 4.53. The van der Waals surface area contributed by atoms with Crippen molar-refractivity contribution >= 4 is 39.4 Å². The number of nitrogens with one attached hydrogen (secondary N) is 1. The van der Waals surface area contributed by atoms with Gasteiger partial charge in [-0.05, 0) is 0 Å². The number of aryl methyl sites for hydroxylation is 1. The van der Waals surface area contributed by atoms with Crippen molar-refractivity contribution in [1.29, 1.82) is 0 Å². The number of carbonyl (C=O) groups excluding carboxylic acids is 1. The van der Waals surface area contributed by atoms with E-state index in [4.69, 9.17) is 10.3 Å². The zero-order chi connectivity index (χ0) is 20.9. The van der Waals surface area contributed by atoms with Gasteiger partial charge in [0.05, 0.1) is 25.0 Å². The Bertz CT molecular complexity index is 1090. The standard InChI is InChI=1S/C13H16N8O6S2/c1-19-10-6(2-16-19)7-4-20(13(22)21(7)27-29(24,25)26)11(10)12(18-23)15-3-9-17-8(14)5-28-9/h2,5,7,11,23H,3-4,14H2,1H3,(H,15,18)(H,24,25,26). The van der Waals surface area contributed by atoms with Crippen molar-refractivity contribution in [3.8, 4) is 0 Å². The average Bonchev–Trinajstić information content (AvgIpc) is 3.31. The second-order valence-electron chi connectivity index (χ2n) is 6.27. The Morgan fingerprint density at radius 3 is 2.93 bits per heavy atom. The molecule has 2 aliphatic rings. The van der Waals surface area contributed by atoms with Gasteiger partial charge < -0.3 is 10.6 Å². The van der Waals surface area contributed by atoms with Crippen LogP contribution in [0.25, 0.3) is 0 Å². The van der Waals surface area contributed by atoms with E-state index in [1.54, 1.807) is 12.4 Å². The van der Waals surface area contributed by atoms with E-state index in [-0.39, 0.29) is 18.9 Å². The monoisotopic (exact) mass is 444 g/mol. The molecular weight excluding hydrogens is 428 g/mol. The number of nitrogens with two attached hydrogens (primary N) is 1. The molecule has 29 heavy (non-hydrogen) atoms. The van der Waals surface area contributed by atoms with Gasteiger partial charge in [0.25, 0.3) is 0 Å². The number of carbonyl (C=O) groups is 1. The summed E-state index contributed by atoms with van der Waals surface area (Å²) in [7, 11) is -3.29. The lowest BCUT2D eigenvalue weighted by Gasteiger charge is -2.31. The number of hydrogen-bond acceptors (Lipinski definition) is 10. The van der Waals surface area contributed by atoms with Gasteiger partial charge in [0.15, 0.2) is 5.84 Å². The van der Waals surface area contributed by atoms with Crippen LogP contribution in [-0.2, 0) is 28.3 Å². The van der Waals surface area contributed by atoms with Crippen LogP contribution in [0, 0.1) is 0 Å². The van der Waals surface area contributed by atoms with Crippen LogP contribution >= 0.6 is 11.3 Å². The first kappa shape index (κ1) is 19.5. The topological polar surface area (TPSA) is 188 Å². The predicted molar refractivity (Wildman–Crippen MR) is 97.9 cm³/mol. The van der Waals surface area contributed by atoms with E-state index in [2.05, 4.69) is 19.4 Å². The molecule has 0 aliphatic carbocycles. The number of fused-ring (bicyclic) bond motifs is 4. The van der Waals surface area contributed by atoms with Crippen LogP contribution in [0.1, 0.15) is 28.3 Å². The Morgan fingerprint density at radius 1 is 1.55 bits per heavy atom. The molecule has 1 fully saturated rings. The number of aliphatic imine (C=N–C) groups is 1. The fraction of sp³-hybridized carbons (Fsp3) is 0.385. The van der Waals surface area contributed by atoms with E-state index in [1.165, 1.54) is 27.1 Å². The molecular formula is C13H16N8O6S2. The Balaban J connectivity index is 1.74. The highest BCUT2D eigenvalue weighted by Gasteiger charge is 2.53. The molecule has 0 aromatic carbocycles. The van der Waals surface area contributed by atoms with Crippen molar-refractivity contribution in [3.63, 3.8) is 0 Å². The van der Waals surface area contributed by atoms with Gasteiger partial charge in [-0.1, -0.05) is 0 Å². The largest absolute Gasteiger partial charge is 0.418 e. The molecule has 2 aromatic heterocycles. The molecule has 14 nitrogen and oxygen atoms in total. The van der Waals surface area contributed by atoms with Crippen molar-refractivity contribution in [2.24, 2.45) is 12.0 Å². The van der Waals surface area contributed by atoms with Gasteiger partial charge in [0.2, 0.25) is 0 Å². The Labute approximate surface area is 168 Å². The van der Waals surface area contributed by atoms with Crippen LogP contribution < -0.4 is 11.2 Å². The average molecular weight is 444 g/mol. The van der Waals surface area contributed by atoms with E-state index in [0.29, 0.717) is 27.1 Å². The minimum atomic E-state index is -4.92. The Hall–Kier alpha value is -2.79. The molecule has 0 spiro atoms. The molecule has 4 rings (SSSR count). The van der Waals surface area contributed by atoms with Crippen molar-refractivity contribution < 1.29 is 27.3 Å². The van der Waals surface area contributed by atoms with Crippen LogP contribution in [0.4, 0.5) is 10.6 Å². The fourth-order valence-corrected chi connectivity index (χ4v) is 4.42. The summed E-state index contributed by atoms with van der Waals surface area (Å²) in [6, 6.07) is -2.54. The third-order valence-corrected chi connectivity index (χ3v) is 5.73. The second kappa shape index (κ2) is 6.92. The van der Waals surface area contributed by atoms with Gasteiger partial charge in [0.1, 0.15) is 22.9 Å². The normalized spacial score (nSPS) is 21.6. The molecule has 0 saturated carbocycles. The number of anilines is 1. The molecule has 2 amide bonds. The maximum absolute atomic E-state index is 12.8. The minimum absolute atomic E-state index is 0.0177. The van der Waals surface area contributed by atoms with E-state index in [1.807, 2.05) is 5.48 Å². The molecule has 2 aliphatic heterocycles. The van der Waals surface area contributed by atoms with Crippen LogP contribution in [0.15, 0.2) is 16.6 Å². The minimum Gasteiger partial charge on any atom is -0.383 e. The van der Waals surface area contributed by atoms with Crippen LogP contribution in [0.2, 0.25) is 0 Å². The van der Waals surface area contributed by atoms with E-state index in [9.17, 15) is 18.4 Å². The number of amidine groups is 1. The summed E-state index contributed by atoms with van der Waals surface area (Å²) < 4.78 is 37.3. The molecule has 4 heterocycles. The lowest BCUT2D eigenvalue weighted by molar-refractivity contribution is -0.0316. The van der Waals surface area contributed by atoms with E-state index < -0.39 is 28.5 Å². The molecule has 2 unspecified atom stereocenters. The third kappa shape index (κ3) is 3.40. The summed E-state index contributed by atoms with van der Waals surface area (Å²) in [5.74, 6) is 0.366. The van der Waals surface area contributed by atoms with Crippen molar-refractivity contribution in [1.82, 2.24) is 30.2 Å². The number of urea groups is 1. The van der Waals surface area contributed by atoms with Crippen LogP contribution in [0.3, 0.4) is 0 Å². The fourth-order valence-electron chi connectivity index (χ4n) is 3.44.